The number of carbonyl (C=O) groups is 1. The van der Waals surface area contributed by atoms with E-state index in [0.29, 0.717) is 12.8 Å². The molecule has 0 aliphatic carbocycles. The van der Waals surface area contributed by atoms with E-state index in [-0.39, 0.29) is 25.7 Å². The molecule has 3 atom stereocenters. The summed E-state index contributed by atoms with van der Waals surface area (Å²) in [6.07, 6.45) is 43.9. The van der Waals surface area contributed by atoms with Crippen LogP contribution >= 0.6 is 7.82 Å². The van der Waals surface area contributed by atoms with Crippen molar-refractivity contribution in [3.8, 4) is 0 Å². The van der Waals surface area contributed by atoms with Gasteiger partial charge in [0.2, 0.25) is 5.91 Å². The highest BCUT2D eigenvalue weighted by molar-refractivity contribution is 7.47. The number of nitrogens with two attached hydrogens (primary N) is 1. The number of aliphatic hydroxyl groups is 1. The molecule has 1 amide bonds. The smallest absolute Gasteiger partial charge is 0.391 e. The second-order valence-corrected chi connectivity index (χ2v) is 17.4. The van der Waals surface area contributed by atoms with E-state index < -0.39 is 20.0 Å². The third-order valence-corrected chi connectivity index (χ3v) is 11.7. The molecule has 318 valence electrons. The van der Waals surface area contributed by atoms with Crippen LogP contribution in [0, 0.1) is 0 Å². The van der Waals surface area contributed by atoms with Gasteiger partial charge < -0.3 is 21.1 Å². The van der Waals surface area contributed by atoms with Crippen molar-refractivity contribution in [2.75, 3.05) is 19.8 Å². The molecule has 0 saturated heterocycles. The van der Waals surface area contributed by atoms with Gasteiger partial charge in [0.25, 0.3) is 0 Å². The van der Waals surface area contributed by atoms with Gasteiger partial charge in [-0.1, -0.05) is 226 Å². The number of hydrogen-bond donors (Lipinski definition) is 4. The minimum absolute atomic E-state index is 0.0926. The summed E-state index contributed by atoms with van der Waals surface area (Å²) in [5.74, 6) is -0.156. The van der Waals surface area contributed by atoms with E-state index in [4.69, 9.17) is 14.8 Å². The van der Waals surface area contributed by atoms with Crippen LogP contribution in [0.25, 0.3) is 0 Å². The lowest BCUT2D eigenvalue weighted by molar-refractivity contribution is -0.123. The molecule has 0 aliphatic rings. The highest BCUT2D eigenvalue weighted by Crippen LogP contribution is 2.43. The fourth-order valence-electron chi connectivity index (χ4n) is 7.20. The second-order valence-electron chi connectivity index (χ2n) is 16.0. The normalized spacial score (nSPS) is 14.0. The number of nitrogens with one attached hydrogen (secondary N) is 1. The first-order valence-corrected chi connectivity index (χ1v) is 24.6. The molecule has 0 aromatic carbocycles. The predicted octanol–water partition coefficient (Wildman–Crippen LogP) is 13.0. The molecule has 0 heterocycles. The molecule has 0 bridgehead atoms. The van der Waals surface area contributed by atoms with Crippen molar-refractivity contribution in [2.24, 2.45) is 5.73 Å². The average Bonchev–Trinajstić information content (AvgIpc) is 3.14. The maximum Gasteiger partial charge on any atom is 0.472 e. The molecular weight excluding hydrogens is 683 g/mol. The minimum Gasteiger partial charge on any atom is -0.391 e. The van der Waals surface area contributed by atoms with Crippen molar-refractivity contribution in [3.63, 3.8) is 0 Å². The number of aliphatic hydroxyl groups excluding tert-OH is 1. The lowest BCUT2D eigenvalue weighted by atomic mass is 10.0. The zero-order chi connectivity index (χ0) is 38.9. The van der Waals surface area contributed by atoms with Crippen LogP contribution < -0.4 is 11.1 Å². The first kappa shape index (κ1) is 52.5. The summed E-state index contributed by atoms with van der Waals surface area (Å²) < 4.78 is 22.2. The van der Waals surface area contributed by atoms with Crippen molar-refractivity contribution in [2.45, 2.75) is 257 Å². The van der Waals surface area contributed by atoms with Gasteiger partial charge in [0.05, 0.1) is 25.4 Å². The Labute approximate surface area is 329 Å². The van der Waals surface area contributed by atoms with Gasteiger partial charge in [0.1, 0.15) is 0 Å². The van der Waals surface area contributed by atoms with E-state index >= 15 is 0 Å². The number of amides is 1. The first-order valence-electron chi connectivity index (χ1n) is 23.2. The van der Waals surface area contributed by atoms with Crippen molar-refractivity contribution in [1.82, 2.24) is 5.32 Å². The zero-order valence-corrected chi connectivity index (χ0v) is 36.2. The van der Waals surface area contributed by atoms with Crippen LogP contribution in [0.5, 0.6) is 0 Å². The van der Waals surface area contributed by atoms with E-state index in [9.17, 15) is 19.4 Å². The Morgan fingerprint density at radius 1 is 0.547 bits per heavy atom. The van der Waals surface area contributed by atoms with Gasteiger partial charge in [0, 0.05) is 13.0 Å². The van der Waals surface area contributed by atoms with Gasteiger partial charge in [-0.05, 0) is 12.8 Å². The summed E-state index contributed by atoms with van der Waals surface area (Å²) in [4.78, 5) is 22.8. The van der Waals surface area contributed by atoms with Crippen molar-refractivity contribution in [3.05, 3.63) is 0 Å². The van der Waals surface area contributed by atoms with Crippen LogP contribution in [0.15, 0.2) is 0 Å². The number of phosphoric ester groups is 1. The van der Waals surface area contributed by atoms with Crippen LogP contribution in [-0.4, -0.2) is 47.8 Å². The van der Waals surface area contributed by atoms with Gasteiger partial charge in [-0.3, -0.25) is 13.8 Å². The van der Waals surface area contributed by atoms with E-state index in [1.807, 2.05) is 0 Å². The van der Waals surface area contributed by atoms with Gasteiger partial charge in [-0.15, -0.1) is 0 Å². The fourth-order valence-corrected chi connectivity index (χ4v) is 7.96. The van der Waals surface area contributed by atoms with Crippen LogP contribution in [0.4, 0.5) is 0 Å². The van der Waals surface area contributed by atoms with Gasteiger partial charge in [-0.2, -0.15) is 0 Å². The third kappa shape index (κ3) is 39.5. The Morgan fingerprint density at radius 3 is 1.21 bits per heavy atom. The molecule has 0 aromatic heterocycles. The summed E-state index contributed by atoms with van der Waals surface area (Å²) in [6, 6.07) is -0.767. The summed E-state index contributed by atoms with van der Waals surface area (Å²) in [5, 5.41) is 13.8. The molecule has 0 rings (SSSR count). The highest BCUT2D eigenvalue weighted by Gasteiger charge is 2.27. The number of unbranched alkanes of at least 4 members (excludes halogenated alkanes) is 32. The van der Waals surface area contributed by atoms with Gasteiger partial charge in [-0.25, -0.2) is 4.57 Å². The molecule has 0 aliphatic heterocycles. The predicted molar refractivity (Wildman–Crippen MR) is 226 cm³/mol. The van der Waals surface area contributed by atoms with Crippen molar-refractivity contribution in [1.29, 1.82) is 0 Å². The lowest BCUT2D eigenvalue weighted by Crippen LogP contribution is -2.46. The molecule has 9 heteroatoms. The average molecular weight is 775 g/mol. The Morgan fingerprint density at radius 2 is 0.868 bits per heavy atom. The fraction of sp³-hybridized carbons (Fsp3) is 0.977. The first-order chi connectivity index (χ1) is 25.9. The Kier molecular flexibility index (Phi) is 40.8. The van der Waals surface area contributed by atoms with Gasteiger partial charge in [0.15, 0.2) is 0 Å². The van der Waals surface area contributed by atoms with Gasteiger partial charge >= 0.3 is 7.82 Å². The summed E-state index contributed by atoms with van der Waals surface area (Å²) in [5.41, 5.74) is 5.39. The van der Waals surface area contributed by atoms with Crippen molar-refractivity contribution >= 4 is 13.7 Å². The Balaban J connectivity index is 4.07. The largest absolute Gasteiger partial charge is 0.472 e. The van der Waals surface area contributed by atoms with E-state index in [0.717, 1.165) is 38.5 Å². The number of phosphoric acid groups is 1. The Bertz CT molecular complexity index is 804. The van der Waals surface area contributed by atoms with Crippen LogP contribution in [0.1, 0.15) is 245 Å². The van der Waals surface area contributed by atoms with Crippen LogP contribution in [0.3, 0.4) is 0 Å². The number of hydrogen-bond acceptors (Lipinski definition) is 6. The molecule has 0 fully saturated rings. The lowest BCUT2D eigenvalue weighted by Gasteiger charge is -2.25. The van der Waals surface area contributed by atoms with E-state index in [1.54, 1.807) is 0 Å². The topological polar surface area (TPSA) is 131 Å². The molecule has 0 spiro atoms. The standard InChI is InChI=1S/C44H91N2O6P/c1-3-5-7-9-11-13-15-17-19-20-21-22-24-25-27-29-31-33-35-37-43(47)42(41-52-53(49,50)51-40-39-45)46-44(48)38-36-34-32-30-28-26-23-18-16-14-12-10-8-6-4-2/h42-43,47H,3-41,45H2,1-2H3,(H,46,48)(H,49,50). The highest BCUT2D eigenvalue weighted by atomic mass is 31.2. The molecule has 0 saturated carbocycles. The number of rotatable bonds is 44. The maximum atomic E-state index is 12.8. The monoisotopic (exact) mass is 775 g/mol. The maximum absolute atomic E-state index is 12.8. The van der Waals surface area contributed by atoms with Crippen molar-refractivity contribution < 1.29 is 28.4 Å². The molecule has 53 heavy (non-hydrogen) atoms. The Hall–Kier alpha value is -0.500. The van der Waals surface area contributed by atoms with E-state index in [2.05, 4.69) is 19.2 Å². The van der Waals surface area contributed by atoms with E-state index in [1.165, 1.54) is 180 Å². The zero-order valence-electron chi connectivity index (χ0n) is 35.3. The minimum atomic E-state index is -4.31. The SMILES string of the molecule is CCCCCCCCCCCCCCCCCCCCCC(O)C(COP(=O)(O)OCCN)NC(=O)CCCCCCCCCCCCCCCCC. The quantitative estimate of drug-likeness (QED) is 0.0358. The van der Waals surface area contributed by atoms with Crippen LogP contribution in [-0.2, 0) is 18.4 Å². The molecule has 5 N–H and O–H groups in total. The molecule has 0 aromatic rings. The second kappa shape index (κ2) is 41.1. The summed E-state index contributed by atoms with van der Waals surface area (Å²) in [7, 11) is -4.31. The molecule has 3 unspecified atom stereocenters. The summed E-state index contributed by atoms with van der Waals surface area (Å²) >= 11 is 0. The summed E-state index contributed by atoms with van der Waals surface area (Å²) in [6.45, 7) is 4.24. The molecule has 8 nitrogen and oxygen atoms in total. The molecule has 0 radical (unpaired) electrons. The third-order valence-electron chi connectivity index (χ3n) is 10.7. The van der Waals surface area contributed by atoms with Crippen LogP contribution in [0.2, 0.25) is 0 Å². The molecular formula is C44H91N2O6P. The number of carbonyl (C=O) groups excluding carboxylic acids is 1.